The number of amides is 3. The fraction of sp³-hybridized carbons (Fsp3) is 0. The normalized spacial score (nSPS) is 10.3. The van der Waals surface area contributed by atoms with Gasteiger partial charge in [-0.25, -0.2) is 8.78 Å². The minimum Gasteiger partial charge on any atom is -0.321 e. The summed E-state index contributed by atoms with van der Waals surface area (Å²) in [4.78, 5) is 38.8. The van der Waals surface area contributed by atoms with Gasteiger partial charge in [-0.15, -0.1) is 5.43 Å². The summed E-state index contributed by atoms with van der Waals surface area (Å²) in [5, 5.41) is 5.28. The van der Waals surface area contributed by atoms with Gasteiger partial charge in [0, 0.05) is 23.3 Å². The van der Waals surface area contributed by atoms with Crippen LogP contribution in [0.3, 0.4) is 0 Å². The molecule has 1 aromatic heterocycles. The summed E-state index contributed by atoms with van der Waals surface area (Å²) in [7, 11) is 0. The zero-order valence-electron chi connectivity index (χ0n) is 18.2. The molecule has 3 amide bonds. The van der Waals surface area contributed by atoms with E-state index in [2.05, 4.69) is 16.1 Å². The molecular formula is C26H19F2N4O3+. The average molecular weight is 473 g/mol. The SMILES string of the molecule is O=C(Nc1cccc(NC(=O)c2ccc(F)cc2)c1C(=O)N[n+]1ccccc1)c1ccc(F)cc1. The molecule has 0 radical (unpaired) electrons. The molecule has 3 N–H and O–H groups in total. The summed E-state index contributed by atoms with van der Waals surface area (Å²) >= 11 is 0. The largest absolute Gasteiger partial charge is 0.321 e. The molecule has 0 spiro atoms. The lowest BCUT2D eigenvalue weighted by Gasteiger charge is -2.15. The molecule has 0 saturated heterocycles. The third-order valence-corrected chi connectivity index (χ3v) is 4.95. The van der Waals surface area contributed by atoms with Gasteiger partial charge in [0.1, 0.15) is 11.6 Å². The molecule has 35 heavy (non-hydrogen) atoms. The van der Waals surface area contributed by atoms with E-state index in [0.717, 1.165) is 24.3 Å². The maximum absolute atomic E-state index is 13.2. The van der Waals surface area contributed by atoms with Crippen LogP contribution in [0.4, 0.5) is 20.2 Å². The van der Waals surface area contributed by atoms with Crippen molar-refractivity contribution in [3.63, 3.8) is 0 Å². The lowest BCUT2D eigenvalue weighted by atomic mass is 10.1. The second-order valence-electron chi connectivity index (χ2n) is 7.37. The predicted octanol–water partition coefficient (Wildman–Crippen LogP) is 4.14. The quantitative estimate of drug-likeness (QED) is 0.368. The van der Waals surface area contributed by atoms with Crippen LogP contribution in [0.1, 0.15) is 31.1 Å². The number of carbonyl (C=O) groups is 3. The minimum absolute atomic E-state index is 0.0187. The molecule has 0 atom stereocenters. The molecule has 0 saturated carbocycles. The van der Waals surface area contributed by atoms with Crippen LogP contribution in [0.25, 0.3) is 0 Å². The summed E-state index contributed by atoms with van der Waals surface area (Å²) in [5.74, 6) is -2.76. The molecule has 0 unspecified atom stereocenters. The average Bonchev–Trinajstić information content (AvgIpc) is 2.85. The van der Waals surface area contributed by atoms with E-state index in [0.29, 0.717) is 0 Å². The van der Waals surface area contributed by atoms with Crippen LogP contribution in [-0.4, -0.2) is 17.7 Å². The van der Waals surface area contributed by atoms with E-state index in [1.807, 2.05) is 0 Å². The number of carbonyl (C=O) groups excluding carboxylic acids is 3. The number of anilines is 2. The molecule has 0 fully saturated rings. The number of rotatable bonds is 6. The van der Waals surface area contributed by atoms with E-state index >= 15 is 0 Å². The Hall–Kier alpha value is -4.92. The van der Waals surface area contributed by atoms with Gasteiger partial charge in [-0.1, -0.05) is 16.8 Å². The summed E-state index contributed by atoms with van der Waals surface area (Å²) < 4.78 is 27.9. The lowest BCUT2D eigenvalue weighted by molar-refractivity contribution is -0.641. The number of aromatic nitrogens is 1. The summed E-state index contributed by atoms with van der Waals surface area (Å²) in [6.45, 7) is 0. The molecule has 4 aromatic rings. The predicted molar refractivity (Wildman–Crippen MR) is 125 cm³/mol. The molecule has 7 nitrogen and oxygen atoms in total. The Labute approximate surface area is 199 Å². The number of nitrogens with one attached hydrogen (secondary N) is 3. The molecule has 3 aromatic carbocycles. The number of hydrogen-bond acceptors (Lipinski definition) is 3. The van der Waals surface area contributed by atoms with E-state index in [-0.39, 0.29) is 28.1 Å². The lowest BCUT2D eigenvalue weighted by Crippen LogP contribution is -2.47. The first-order valence-corrected chi connectivity index (χ1v) is 10.5. The number of pyridine rings is 1. The molecule has 0 aliphatic heterocycles. The Morgan fingerprint density at radius 2 is 1.03 bits per heavy atom. The van der Waals surface area contributed by atoms with E-state index in [9.17, 15) is 23.2 Å². The van der Waals surface area contributed by atoms with Crippen molar-refractivity contribution in [3.05, 3.63) is 126 Å². The number of halogens is 2. The van der Waals surface area contributed by atoms with Crippen molar-refractivity contribution in [2.45, 2.75) is 0 Å². The Morgan fingerprint density at radius 3 is 1.49 bits per heavy atom. The van der Waals surface area contributed by atoms with Crippen LogP contribution >= 0.6 is 0 Å². The standard InChI is InChI=1S/C26H18F2N4O3/c27-19-11-7-17(8-12-19)24(33)29-21-5-4-6-22(30-25(34)18-9-13-20(28)14-10-18)23(21)26(35)31-32-15-2-1-3-16-32/h1-16H,(H2-,29,30,31,33,34,35)/p+1. The van der Waals surface area contributed by atoms with Crippen molar-refractivity contribution in [2.75, 3.05) is 16.1 Å². The molecular weight excluding hydrogens is 454 g/mol. The van der Waals surface area contributed by atoms with Gasteiger partial charge < -0.3 is 10.6 Å². The third kappa shape index (κ3) is 5.72. The van der Waals surface area contributed by atoms with Gasteiger partial charge in [0.25, 0.3) is 11.8 Å². The van der Waals surface area contributed by atoms with Gasteiger partial charge >= 0.3 is 5.91 Å². The fourth-order valence-corrected chi connectivity index (χ4v) is 3.24. The maximum Gasteiger partial charge on any atom is 0.309 e. The monoisotopic (exact) mass is 473 g/mol. The number of hydrogen-bond donors (Lipinski definition) is 3. The van der Waals surface area contributed by atoms with Crippen LogP contribution in [0.2, 0.25) is 0 Å². The Morgan fingerprint density at radius 1 is 0.571 bits per heavy atom. The highest BCUT2D eigenvalue weighted by molar-refractivity contribution is 6.16. The second kappa shape index (κ2) is 10.3. The zero-order valence-corrected chi connectivity index (χ0v) is 18.2. The highest BCUT2D eigenvalue weighted by Crippen LogP contribution is 2.26. The van der Waals surface area contributed by atoms with Crippen LogP contribution in [0.5, 0.6) is 0 Å². The smallest absolute Gasteiger partial charge is 0.309 e. The summed E-state index contributed by atoms with van der Waals surface area (Å²) in [6.07, 6.45) is 3.21. The van der Waals surface area contributed by atoms with Crippen molar-refractivity contribution < 1.29 is 27.8 Å². The number of nitrogens with zero attached hydrogens (tertiary/aromatic N) is 1. The number of benzene rings is 3. The molecule has 174 valence electrons. The summed E-state index contributed by atoms with van der Waals surface area (Å²) in [6, 6.07) is 19.6. The Kier molecular flexibility index (Phi) is 6.87. The Balaban J connectivity index is 1.68. The third-order valence-electron chi connectivity index (χ3n) is 4.95. The van der Waals surface area contributed by atoms with Crippen LogP contribution < -0.4 is 20.7 Å². The van der Waals surface area contributed by atoms with Crippen molar-refractivity contribution in [2.24, 2.45) is 0 Å². The van der Waals surface area contributed by atoms with Crippen LogP contribution in [0, 0.1) is 11.6 Å². The highest BCUT2D eigenvalue weighted by Gasteiger charge is 2.23. The van der Waals surface area contributed by atoms with E-state index in [4.69, 9.17) is 0 Å². The van der Waals surface area contributed by atoms with Crippen LogP contribution in [-0.2, 0) is 0 Å². The molecule has 0 aliphatic carbocycles. The van der Waals surface area contributed by atoms with Gasteiger partial charge in [0.2, 0.25) is 0 Å². The molecule has 9 heteroatoms. The first-order chi connectivity index (χ1) is 16.9. The van der Waals surface area contributed by atoms with Gasteiger partial charge in [0.05, 0.1) is 16.9 Å². The molecule has 1 heterocycles. The highest BCUT2D eigenvalue weighted by atomic mass is 19.1. The zero-order chi connectivity index (χ0) is 24.8. The Bertz CT molecular complexity index is 1300. The van der Waals surface area contributed by atoms with Gasteiger partial charge in [-0.3, -0.25) is 14.4 Å². The van der Waals surface area contributed by atoms with Crippen molar-refractivity contribution >= 4 is 29.1 Å². The van der Waals surface area contributed by atoms with Gasteiger partial charge in [-0.05, 0) is 60.7 Å². The van der Waals surface area contributed by atoms with Gasteiger partial charge in [0.15, 0.2) is 12.4 Å². The van der Waals surface area contributed by atoms with Crippen molar-refractivity contribution in [1.29, 1.82) is 0 Å². The van der Waals surface area contributed by atoms with Gasteiger partial charge in [-0.2, -0.15) is 0 Å². The minimum atomic E-state index is -0.620. The fourth-order valence-electron chi connectivity index (χ4n) is 3.24. The van der Waals surface area contributed by atoms with Crippen LogP contribution in [0.15, 0.2) is 97.3 Å². The van der Waals surface area contributed by atoms with Crippen molar-refractivity contribution in [3.8, 4) is 0 Å². The first-order valence-electron chi connectivity index (χ1n) is 10.5. The maximum atomic E-state index is 13.2. The molecule has 4 rings (SSSR count). The molecule has 0 bridgehead atoms. The first kappa shape index (κ1) is 23.2. The van der Waals surface area contributed by atoms with E-state index < -0.39 is 29.4 Å². The van der Waals surface area contributed by atoms with E-state index in [1.54, 1.807) is 36.7 Å². The summed E-state index contributed by atoms with van der Waals surface area (Å²) in [5.41, 5.74) is 3.22. The van der Waals surface area contributed by atoms with E-state index in [1.165, 1.54) is 41.1 Å². The topological polar surface area (TPSA) is 91.2 Å². The second-order valence-corrected chi connectivity index (χ2v) is 7.37. The molecule has 0 aliphatic rings. The van der Waals surface area contributed by atoms with Crippen molar-refractivity contribution in [1.82, 2.24) is 0 Å².